The summed E-state index contributed by atoms with van der Waals surface area (Å²) >= 11 is 1.41. The number of thioether (sulfide) groups is 1. The van der Waals surface area contributed by atoms with Gasteiger partial charge in [0.15, 0.2) is 11.6 Å². The molecule has 7 heteroatoms. The summed E-state index contributed by atoms with van der Waals surface area (Å²) in [5, 5.41) is 0. The van der Waals surface area contributed by atoms with Crippen LogP contribution in [0, 0.1) is 5.82 Å². The van der Waals surface area contributed by atoms with Gasteiger partial charge in [-0.3, -0.25) is 4.57 Å². The van der Waals surface area contributed by atoms with Crippen molar-refractivity contribution >= 4 is 23.9 Å². The first kappa shape index (κ1) is 12.7. The van der Waals surface area contributed by atoms with Gasteiger partial charge in [0.1, 0.15) is 0 Å². The molecule has 0 aliphatic heterocycles. The van der Waals surface area contributed by atoms with E-state index in [4.69, 9.17) is 0 Å². The quantitative estimate of drug-likeness (QED) is 0.584. The summed E-state index contributed by atoms with van der Waals surface area (Å²) in [5.74, 6) is -0.414. The summed E-state index contributed by atoms with van der Waals surface area (Å²) in [6.45, 7) is 0. The number of hydrogen-bond donors (Lipinski definition) is 0. The molecule has 1 aromatic heterocycles. The first-order valence-corrected chi connectivity index (χ1v) is 5.90. The molecule has 0 amide bonds. The van der Waals surface area contributed by atoms with Crippen LogP contribution in [-0.4, -0.2) is 41.1 Å². The van der Waals surface area contributed by atoms with Crippen LogP contribution in [0.15, 0.2) is 16.0 Å². The van der Waals surface area contributed by atoms with E-state index >= 15 is 0 Å². The molecule has 0 saturated heterocycles. The van der Waals surface area contributed by atoms with Gasteiger partial charge in [0, 0.05) is 20.3 Å². The van der Waals surface area contributed by atoms with Crippen molar-refractivity contribution < 1.29 is 4.39 Å². The highest BCUT2D eigenvalue weighted by molar-refractivity contribution is 7.97. The molecule has 0 aliphatic rings. The molecule has 0 fully saturated rings. The highest BCUT2D eigenvalue weighted by atomic mass is 32.2. The standard InChI is InChI=1S/C9H13FN4OS/c1-13(2)5-11-8-7(10)4-14(6-16-3)9(15)12-8/h4-5H,6H2,1-3H3/b11-5+. The predicted octanol–water partition coefficient (Wildman–Crippen LogP) is 0.924. The minimum Gasteiger partial charge on any atom is -0.369 e. The summed E-state index contributed by atoms with van der Waals surface area (Å²) in [5.41, 5.74) is -0.498. The van der Waals surface area contributed by atoms with E-state index in [1.807, 2.05) is 6.26 Å². The number of halogens is 1. The Balaban J connectivity index is 3.06. The van der Waals surface area contributed by atoms with Crippen LogP contribution in [0.5, 0.6) is 0 Å². The molecule has 0 unspecified atom stereocenters. The topological polar surface area (TPSA) is 50.5 Å². The zero-order valence-corrected chi connectivity index (χ0v) is 10.2. The third kappa shape index (κ3) is 3.34. The molecule has 0 aliphatic carbocycles. The Hall–Kier alpha value is -1.37. The minimum absolute atomic E-state index is 0.184. The van der Waals surface area contributed by atoms with Crippen LogP contribution in [0.4, 0.5) is 10.2 Å². The van der Waals surface area contributed by atoms with Crippen LogP contribution in [0.1, 0.15) is 0 Å². The van der Waals surface area contributed by atoms with E-state index in [0.29, 0.717) is 5.88 Å². The van der Waals surface area contributed by atoms with E-state index in [-0.39, 0.29) is 5.82 Å². The van der Waals surface area contributed by atoms with E-state index in [1.165, 1.54) is 22.7 Å². The molecule has 5 nitrogen and oxygen atoms in total. The molecule has 0 N–H and O–H groups in total. The molecule has 16 heavy (non-hydrogen) atoms. The van der Waals surface area contributed by atoms with Crippen molar-refractivity contribution in [3.63, 3.8) is 0 Å². The highest BCUT2D eigenvalue weighted by Crippen LogP contribution is 2.10. The SMILES string of the molecule is CSCn1cc(F)c(/N=C/N(C)C)nc1=O. The van der Waals surface area contributed by atoms with Crippen molar-refractivity contribution in [1.29, 1.82) is 0 Å². The van der Waals surface area contributed by atoms with Crippen molar-refractivity contribution in [2.24, 2.45) is 4.99 Å². The Bertz CT molecular complexity index is 444. The van der Waals surface area contributed by atoms with E-state index in [0.717, 1.165) is 6.20 Å². The molecule has 0 atom stereocenters. The van der Waals surface area contributed by atoms with E-state index in [9.17, 15) is 9.18 Å². The van der Waals surface area contributed by atoms with Crippen LogP contribution in [0.25, 0.3) is 0 Å². The Morgan fingerprint density at radius 3 is 2.94 bits per heavy atom. The number of aromatic nitrogens is 2. The molecule has 88 valence electrons. The van der Waals surface area contributed by atoms with Crippen LogP contribution >= 0.6 is 11.8 Å². The Kier molecular flexibility index (Phi) is 4.48. The van der Waals surface area contributed by atoms with Crippen molar-refractivity contribution in [2.45, 2.75) is 5.88 Å². The predicted molar refractivity (Wildman–Crippen MR) is 63.8 cm³/mol. The fourth-order valence-electron chi connectivity index (χ4n) is 0.950. The van der Waals surface area contributed by atoms with Gasteiger partial charge in [-0.15, -0.1) is 11.8 Å². The smallest absolute Gasteiger partial charge is 0.350 e. The number of nitrogens with zero attached hydrogens (tertiary/aromatic N) is 4. The molecule has 1 aromatic rings. The van der Waals surface area contributed by atoms with Crippen molar-refractivity contribution in [1.82, 2.24) is 14.5 Å². The van der Waals surface area contributed by atoms with E-state index < -0.39 is 11.5 Å². The van der Waals surface area contributed by atoms with E-state index in [2.05, 4.69) is 9.98 Å². The lowest BCUT2D eigenvalue weighted by molar-refractivity contribution is 0.590. The molecule has 0 bridgehead atoms. The lowest BCUT2D eigenvalue weighted by atomic mass is 10.5. The largest absolute Gasteiger partial charge is 0.369 e. The molecule has 0 aromatic carbocycles. The number of hydrogen-bond acceptors (Lipinski definition) is 4. The maximum absolute atomic E-state index is 13.4. The molecule has 0 saturated carbocycles. The lowest BCUT2D eigenvalue weighted by Gasteiger charge is -2.05. The Labute approximate surface area is 97.0 Å². The van der Waals surface area contributed by atoms with Crippen LogP contribution < -0.4 is 5.69 Å². The second kappa shape index (κ2) is 5.64. The number of aliphatic imine (C=N–C) groups is 1. The molecule has 0 spiro atoms. The molecule has 1 rings (SSSR count). The van der Waals surface area contributed by atoms with Crippen molar-refractivity contribution in [3.8, 4) is 0 Å². The zero-order valence-electron chi connectivity index (χ0n) is 9.35. The monoisotopic (exact) mass is 244 g/mol. The Morgan fingerprint density at radius 1 is 1.69 bits per heavy atom. The zero-order chi connectivity index (χ0) is 12.1. The summed E-state index contributed by atoms with van der Waals surface area (Å²) < 4.78 is 14.6. The molecular weight excluding hydrogens is 231 g/mol. The van der Waals surface area contributed by atoms with Crippen LogP contribution in [-0.2, 0) is 5.88 Å². The van der Waals surface area contributed by atoms with Crippen molar-refractivity contribution in [3.05, 3.63) is 22.5 Å². The Morgan fingerprint density at radius 2 is 2.38 bits per heavy atom. The van der Waals surface area contributed by atoms with Gasteiger partial charge in [-0.2, -0.15) is 4.98 Å². The molecule has 0 radical (unpaired) electrons. The maximum atomic E-state index is 13.4. The fourth-order valence-corrected chi connectivity index (χ4v) is 1.41. The van der Waals surface area contributed by atoms with Gasteiger partial charge >= 0.3 is 5.69 Å². The van der Waals surface area contributed by atoms with Gasteiger partial charge < -0.3 is 4.90 Å². The normalized spacial score (nSPS) is 11.0. The minimum atomic E-state index is -0.605. The summed E-state index contributed by atoms with van der Waals surface area (Å²) in [4.78, 5) is 20.4. The van der Waals surface area contributed by atoms with Gasteiger partial charge in [0.2, 0.25) is 0 Å². The summed E-state index contributed by atoms with van der Waals surface area (Å²) in [6, 6.07) is 0. The van der Waals surface area contributed by atoms with Gasteiger partial charge in [-0.1, -0.05) is 0 Å². The summed E-state index contributed by atoms with van der Waals surface area (Å²) in [6.07, 6.45) is 4.33. The van der Waals surface area contributed by atoms with Crippen LogP contribution in [0.2, 0.25) is 0 Å². The fraction of sp³-hybridized carbons (Fsp3) is 0.444. The second-order valence-corrected chi connectivity index (χ2v) is 4.13. The average Bonchev–Trinajstić information content (AvgIpc) is 2.21. The molecule has 1 heterocycles. The van der Waals surface area contributed by atoms with Gasteiger partial charge in [-0.05, 0) is 6.26 Å². The third-order valence-electron chi connectivity index (χ3n) is 1.61. The third-order valence-corrected chi connectivity index (χ3v) is 2.15. The summed E-state index contributed by atoms with van der Waals surface area (Å²) in [7, 11) is 3.49. The van der Waals surface area contributed by atoms with Gasteiger partial charge in [-0.25, -0.2) is 14.2 Å². The average molecular weight is 244 g/mol. The van der Waals surface area contributed by atoms with Gasteiger partial charge in [0.25, 0.3) is 0 Å². The molecular formula is C9H13FN4OS. The van der Waals surface area contributed by atoms with Crippen molar-refractivity contribution in [2.75, 3.05) is 20.4 Å². The number of rotatable bonds is 4. The second-order valence-electron chi connectivity index (χ2n) is 3.29. The lowest BCUT2D eigenvalue weighted by Crippen LogP contribution is -2.22. The van der Waals surface area contributed by atoms with Crippen LogP contribution in [0.3, 0.4) is 0 Å². The van der Waals surface area contributed by atoms with E-state index in [1.54, 1.807) is 19.0 Å². The highest BCUT2D eigenvalue weighted by Gasteiger charge is 2.06. The maximum Gasteiger partial charge on any atom is 0.350 e. The van der Waals surface area contributed by atoms with Gasteiger partial charge in [0.05, 0.1) is 12.2 Å². The first-order valence-electron chi connectivity index (χ1n) is 4.51. The first-order chi connectivity index (χ1) is 7.54.